The van der Waals surface area contributed by atoms with Crippen LogP contribution < -0.4 is 0 Å². The lowest BCUT2D eigenvalue weighted by atomic mass is 10.1. The highest BCUT2D eigenvalue weighted by Gasteiger charge is 1.93. The molecule has 13 heavy (non-hydrogen) atoms. The van der Waals surface area contributed by atoms with Gasteiger partial charge in [0.25, 0.3) is 6.47 Å². The Bertz CT molecular complexity index is 277. The normalized spacial score (nSPS) is 9.23. The van der Waals surface area contributed by atoms with Gasteiger partial charge in [-0.25, -0.2) is 0 Å². The van der Waals surface area contributed by atoms with E-state index in [1.807, 2.05) is 24.3 Å². The molecule has 0 saturated heterocycles. The molecular weight excluding hydrogens is 168 g/mol. The van der Waals surface area contributed by atoms with E-state index in [0.29, 0.717) is 12.9 Å². The molecule has 0 aromatic heterocycles. The Morgan fingerprint density at radius 3 is 2.23 bits per heavy atom. The molecule has 0 radical (unpaired) electrons. The van der Waals surface area contributed by atoms with Crippen molar-refractivity contribution in [2.45, 2.75) is 13.0 Å². The third-order valence-electron chi connectivity index (χ3n) is 1.66. The first-order chi connectivity index (χ1) is 6.36. The number of benzene rings is 1. The molecule has 0 aliphatic heterocycles. The molecule has 1 aromatic carbocycles. The molecule has 0 unspecified atom stereocenters. The first kappa shape index (κ1) is 9.45. The van der Waals surface area contributed by atoms with Crippen LogP contribution in [0.2, 0.25) is 0 Å². The predicted octanol–water partition coefficient (Wildman–Crippen LogP) is 1.10. The fraction of sp³-hybridized carbons (Fsp3) is 0.200. The van der Waals surface area contributed by atoms with E-state index in [2.05, 4.69) is 4.74 Å². The van der Waals surface area contributed by atoms with Gasteiger partial charge >= 0.3 is 0 Å². The van der Waals surface area contributed by atoms with Crippen LogP contribution in [0.5, 0.6) is 0 Å². The van der Waals surface area contributed by atoms with Crippen LogP contribution in [-0.2, 0) is 27.4 Å². The van der Waals surface area contributed by atoms with Crippen molar-refractivity contribution >= 4 is 12.8 Å². The van der Waals surface area contributed by atoms with E-state index in [-0.39, 0.29) is 6.61 Å². The van der Waals surface area contributed by atoms with E-state index < -0.39 is 0 Å². The SMILES string of the molecule is O=CCc1ccc(COC=O)cc1. The Morgan fingerprint density at radius 1 is 1.08 bits per heavy atom. The lowest BCUT2D eigenvalue weighted by Gasteiger charge is -2.00. The summed E-state index contributed by atoms with van der Waals surface area (Å²) < 4.78 is 4.57. The van der Waals surface area contributed by atoms with Crippen molar-refractivity contribution in [3.8, 4) is 0 Å². The highest BCUT2D eigenvalue weighted by molar-refractivity contribution is 5.54. The number of ether oxygens (including phenoxy) is 1. The molecule has 0 atom stereocenters. The van der Waals surface area contributed by atoms with Crippen LogP contribution in [-0.4, -0.2) is 12.8 Å². The summed E-state index contributed by atoms with van der Waals surface area (Å²) in [5, 5.41) is 0. The van der Waals surface area contributed by atoms with Crippen molar-refractivity contribution in [3.63, 3.8) is 0 Å². The minimum atomic E-state index is 0.283. The molecule has 3 nitrogen and oxygen atoms in total. The van der Waals surface area contributed by atoms with Crippen molar-refractivity contribution in [1.29, 1.82) is 0 Å². The van der Waals surface area contributed by atoms with E-state index in [0.717, 1.165) is 17.4 Å². The number of hydrogen-bond donors (Lipinski definition) is 0. The van der Waals surface area contributed by atoms with Crippen LogP contribution in [0.1, 0.15) is 11.1 Å². The fourth-order valence-corrected chi connectivity index (χ4v) is 0.998. The van der Waals surface area contributed by atoms with Gasteiger partial charge in [-0.15, -0.1) is 0 Å². The molecule has 0 aliphatic carbocycles. The molecule has 0 saturated carbocycles. The van der Waals surface area contributed by atoms with Crippen molar-refractivity contribution in [3.05, 3.63) is 35.4 Å². The Labute approximate surface area is 76.3 Å². The maximum Gasteiger partial charge on any atom is 0.293 e. The fourth-order valence-electron chi connectivity index (χ4n) is 0.998. The van der Waals surface area contributed by atoms with E-state index in [1.165, 1.54) is 0 Å². The second-order valence-corrected chi connectivity index (χ2v) is 2.59. The summed E-state index contributed by atoms with van der Waals surface area (Å²) in [5.74, 6) is 0. The monoisotopic (exact) mass is 178 g/mol. The van der Waals surface area contributed by atoms with Crippen LogP contribution in [0.15, 0.2) is 24.3 Å². The molecule has 3 heteroatoms. The van der Waals surface area contributed by atoms with Gasteiger partial charge in [-0.05, 0) is 11.1 Å². The summed E-state index contributed by atoms with van der Waals surface area (Å²) in [6.07, 6.45) is 1.28. The zero-order valence-corrected chi connectivity index (χ0v) is 7.10. The van der Waals surface area contributed by atoms with Crippen molar-refractivity contribution < 1.29 is 14.3 Å². The standard InChI is InChI=1S/C10H10O3/c11-6-5-9-1-3-10(4-2-9)7-13-8-12/h1-4,6,8H,5,7H2. The molecule has 1 aromatic rings. The molecule has 0 aliphatic rings. The average molecular weight is 178 g/mol. The van der Waals surface area contributed by atoms with E-state index >= 15 is 0 Å². The number of carbonyl (C=O) groups is 2. The maximum atomic E-state index is 10.2. The van der Waals surface area contributed by atoms with Gasteiger partial charge in [-0.2, -0.15) is 0 Å². The van der Waals surface area contributed by atoms with Gasteiger partial charge < -0.3 is 9.53 Å². The Balaban J connectivity index is 2.58. The van der Waals surface area contributed by atoms with Gasteiger partial charge in [0, 0.05) is 6.42 Å². The Kier molecular flexibility index (Phi) is 3.70. The topological polar surface area (TPSA) is 43.4 Å². The van der Waals surface area contributed by atoms with E-state index in [4.69, 9.17) is 0 Å². The Hall–Kier alpha value is -1.64. The molecule has 0 spiro atoms. The van der Waals surface area contributed by atoms with Gasteiger partial charge in [0.05, 0.1) is 0 Å². The quantitative estimate of drug-likeness (QED) is 0.634. The van der Waals surface area contributed by atoms with E-state index in [1.54, 1.807) is 0 Å². The molecule has 0 N–H and O–H groups in total. The van der Waals surface area contributed by atoms with Gasteiger partial charge in [-0.3, -0.25) is 4.79 Å². The zero-order valence-electron chi connectivity index (χ0n) is 7.10. The van der Waals surface area contributed by atoms with Gasteiger partial charge in [0.15, 0.2) is 0 Å². The van der Waals surface area contributed by atoms with Gasteiger partial charge in [0.2, 0.25) is 0 Å². The summed E-state index contributed by atoms with van der Waals surface area (Å²) in [6.45, 7) is 0.699. The van der Waals surface area contributed by atoms with Crippen LogP contribution in [0, 0.1) is 0 Å². The molecule has 0 bridgehead atoms. The third-order valence-corrected chi connectivity index (χ3v) is 1.66. The molecule has 68 valence electrons. The van der Waals surface area contributed by atoms with Crippen molar-refractivity contribution in [1.82, 2.24) is 0 Å². The summed E-state index contributed by atoms with van der Waals surface area (Å²) >= 11 is 0. The first-order valence-corrected chi connectivity index (χ1v) is 3.93. The summed E-state index contributed by atoms with van der Waals surface area (Å²) in [4.78, 5) is 20.0. The highest BCUT2D eigenvalue weighted by Crippen LogP contribution is 2.05. The second-order valence-electron chi connectivity index (χ2n) is 2.59. The average Bonchev–Trinajstić information content (AvgIpc) is 2.17. The Morgan fingerprint density at radius 2 is 1.69 bits per heavy atom. The third kappa shape index (κ3) is 3.07. The highest BCUT2D eigenvalue weighted by atomic mass is 16.5. The van der Waals surface area contributed by atoms with Crippen LogP contribution in [0.3, 0.4) is 0 Å². The van der Waals surface area contributed by atoms with Gasteiger partial charge in [-0.1, -0.05) is 24.3 Å². The van der Waals surface area contributed by atoms with Crippen molar-refractivity contribution in [2.24, 2.45) is 0 Å². The van der Waals surface area contributed by atoms with Gasteiger partial charge in [0.1, 0.15) is 12.9 Å². The van der Waals surface area contributed by atoms with Crippen molar-refractivity contribution in [2.75, 3.05) is 0 Å². The van der Waals surface area contributed by atoms with Crippen LogP contribution in [0.25, 0.3) is 0 Å². The number of hydrogen-bond acceptors (Lipinski definition) is 3. The summed E-state index contributed by atoms with van der Waals surface area (Å²) in [5.41, 5.74) is 1.88. The van der Waals surface area contributed by atoms with E-state index in [9.17, 15) is 9.59 Å². The lowest BCUT2D eigenvalue weighted by molar-refractivity contribution is -0.129. The summed E-state index contributed by atoms with van der Waals surface area (Å²) in [6, 6.07) is 7.36. The predicted molar refractivity (Wildman–Crippen MR) is 47.1 cm³/mol. The minimum absolute atomic E-state index is 0.283. The molecule has 0 fully saturated rings. The largest absolute Gasteiger partial charge is 0.463 e. The molecule has 1 rings (SSSR count). The maximum absolute atomic E-state index is 10.2. The van der Waals surface area contributed by atoms with Crippen LogP contribution >= 0.6 is 0 Å². The molecule has 0 amide bonds. The number of rotatable bonds is 5. The lowest BCUT2D eigenvalue weighted by Crippen LogP contribution is -1.91. The molecule has 0 heterocycles. The second kappa shape index (κ2) is 5.09. The summed E-state index contributed by atoms with van der Waals surface area (Å²) in [7, 11) is 0. The first-order valence-electron chi connectivity index (χ1n) is 3.93. The molecular formula is C10H10O3. The van der Waals surface area contributed by atoms with Crippen LogP contribution in [0.4, 0.5) is 0 Å². The smallest absolute Gasteiger partial charge is 0.293 e. The zero-order chi connectivity index (χ0) is 9.52. The number of carbonyl (C=O) groups excluding carboxylic acids is 2. The number of aldehydes is 1. The minimum Gasteiger partial charge on any atom is -0.463 e.